The van der Waals surface area contributed by atoms with Crippen LogP contribution in [0.3, 0.4) is 0 Å². The number of allylic oxidation sites excluding steroid dienone is 1. The maximum atomic E-state index is 13.5. The van der Waals surface area contributed by atoms with E-state index in [-0.39, 0.29) is 5.82 Å². The summed E-state index contributed by atoms with van der Waals surface area (Å²) in [5, 5.41) is 0. The zero-order valence-electron chi connectivity index (χ0n) is 7.79. The molecule has 0 saturated carbocycles. The van der Waals surface area contributed by atoms with E-state index in [0.717, 1.165) is 11.1 Å². The van der Waals surface area contributed by atoms with Gasteiger partial charge in [0.05, 0.1) is 0 Å². The molecule has 1 nitrogen and oxygen atoms in total. The normalized spacial score (nSPS) is 13.2. The number of benzene rings is 1. The molecule has 0 atom stereocenters. The van der Waals surface area contributed by atoms with Crippen LogP contribution in [0.15, 0.2) is 30.9 Å². The molecule has 14 heavy (non-hydrogen) atoms. The second-order valence-electron chi connectivity index (χ2n) is 3.20. The van der Waals surface area contributed by atoms with Crippen LogP contribution in [0.4, 0.5) is 4.39 Å². The lowest BCUT2D eigenvalue weighted by Crippen LogP contribution is -2.03. The summed E-state index contributed by atoms with van der Waals surface area (Å²) in [6.07, 6.45) is 6.20. The molecular formula is C12H11FO. The molecular weight excluding hydrogens is 179 g/mol. The Balaban J connectivity index is 2.47. The van der Waals surface area contributed by atoms with E-state index in [2.05, 4.69) is 6.58 Å². The number of halogens is 1. The van der Waals surface area contributed by atoms with Crippen molar-refractivity contribution in [3.05, 3.63) is 47.8 Å². The highest BCUT2D eigenvalue weighted by molar-refractivity contribution is 5.60. The zero-order chi connectivity index (χ0) is 9.97. The van der Waals surface area contributed by atoms with Crippen LogP contribution < -0.4 is 4.74 Å². The first-order chi connectivity index (χ1) is 6.81. The minimum Gasteiger partial charge on any atom is -0.486 e. The smallest absolute Gasteiger partial charge is 0.165 e. The van der Waals surface area contributed by atoms with Crippen molar-refractivity contribution in [1.29, 1.82) is 0 Å². The van der Waals surface area contributed by atoms with Gasteiger partial charge < -0.3 is 4.74 Å². The maximum Gasteiger partial charge on any atom is 0.165 e. The molecule has 1 aliphatic heterocycles. The van der Waals surface area contributed by atoms with Gasteiger partial charge in [-0.25, -0.2) is 4.39 Å². The van der Waals surface area contributed by atoms with Crippen molar-refractivity contribution in [2.24, 2.45) is 0 Å². The fourth-order valence-electron chi connectivity index (χ4n) is 1.54. The van der Waals surface area contributed by atoms with Gasteiger partial charge in [-0.3, -0.25) is 0 Å². The Labute approximate surface area is 82.5 Å². The highest BCUT2D eigenvalue weighted by Crippen LogP contribution is 2.28. The fourth-order valence-corrected chi connectivity index (χ4v) is 1.54. The van der Waals surface area contributed by atoms with Gasteiger partial charge >= 0.3 is 0 Å². The Hall–Kier alpha value is -1.57. The molecule has 0 fully saturated rings. The molecule has 1 aromatic carbocycles. The van der Waals surface area contributed by atoms with Crippen LogP contribution in [0.1, 0.15) is 11.1 Å². The van der Waals surface area contributed by atoms with Crippen LogP contribution in [0.2, 0.25) is 0 Å². The van der Waals surface area contributed by atoms with Crippen LogP contribution in [0.25, 0.3) is 6.08 Å². The number of ether oxygens (including phenoxy) is 1. The SMILES string of the molecule is C=CCc1cc(F)c2c(c1)C=CCO2. The molecule has 1 aromatic rings. The molecule has 0 aliphatic carbocycles. The van der Waals surface area contributed by atoms with E-state index in [1.807, 2.05) is 18.2 Å². The first-order valence-corrected chi connectivity index (χ1v) is 4.54. The molecule has 0 unspecified atom stereocenters. The summed E-state index contributed by atoms with van der Waals surface area (Å²) in [5.41, 5.74) is 1.74. The van der Waals surface area contributed by atoms with Crippen molar-refractivity contribution in [3.63, 3.8) is 0 Å². The zero-order valence-corrected chi connectivity index (χ0v) is 7.79. The van der Waals surface area contributed by atoms with Gasteiger partial charge in [0, 0.05) is 5.56 Å². The van der Waals surface area contributed by atoms with Gasteiger partial charge in [-0.1, -0.05) is 12.2 Å². The minimum absolute atomic E-state index is 0.288. The van der Waals surface area contributed by atoms with Gasteiger partial charge in [-0.05, 0) is 30.2 Å². The van der Waals surface area contributed by atoms with Gasteiger partial charge in [0.25, 0.3) is 0 Å². The maximum absolute atomic E-state index is 13.5. The monoisotopic (exact) mass is 190 g/mol. The van der Waals surface area contributed by atoms with Gasteiger partial charge in [-0.15, -0.1) is 6.58 Å². The third-order valence-electron chi connectivity index (χ3n) is 2.13. The number of hydrogen-bond donors (Lipinski definition) is 0. The second-order valence-corrected chi connectivity index (χ2v) is 3.20. The van der Waals surface area contributed by atoms with E-state index in [1.165, 1.54) is 6.07 Å². The summed E-state index contributed by atoms with van der Waals surface area (Å²) >= 11 is 0. The quantitative estimate of drug-likeness (QED) is 0.651. The third kappa shape index (κ3) is 1.55. The van der Waals surface area contributed by atoms with E-state index in [1.54, 1.807) is 6.08 Å². The van der Waals surface area contributed by atoms with Crippen LogP contribution in [-0.2, 0) is 6.42 Å². The standard InChI is InChI=1S/C12H11FO/c1-2-4-9-7-10-5-3-6-14-12(10)11(13)8-9/h2-3,5,7-8H,1,4,6H2. The van der Waals surface area contributed by atoms with Crippen LogP contribution in [-0.4, -0.2) is 6.61 Å². The lowest BCUT2D eigenvalue weighted by atomic mass is 10.1. The number of rotatable bonds is 2. The van der Waals surface area contributed by atoms with Crippen LogP contribution >= 0.6 is 0 Å². The van der Waals surface area contributed by atoms with Crippen molar-refractivity contribution < 1.29 is 9.13 Å². The molecule has 0 bridgehead atoms. The lowest BCUT2D eigenvalue weighted by molar-refractivity contribution is 0.337. The highest BCUT2D eigenvalue weighted by Gasteiger charge is 2.12. The van der Waals surface area contributed by atoms with Gasteiger partial charge in [0.2, 0.25) is 0 Å². The van der Waals surface area contributed by atoms with Crippen molar-refractivity contribution in [3.8, 4) is 5.75 Å². The van der Waals surface area contributed by atoms with Gasteiger partial charge in [0.1, 0.15) is 6.61 Å². The first-order valence-electron chi connectivity index (χ1n) is 4.54. The summed E-state index contributed by atoms with van der Waals surface area (Å²) in [4.78, 5) is 0. The summed E-state index contributed by atoms with van der Waals surface area (Å²) in [5.74, 6) is 0.0732. The molecule has 0 aromatic heterocycles. The average molecular weight is 190 g/mol. The number of fused-ring (bicyclic) bond motifs is 1. The van der Waals surface area contributed by atoms with E-state index in [9.17, 15) is 4.39 Å². The molecule has 1 heterocycles. The Morgan fingerprint density at radius 1 is 1.50 bits per heavy atom. The van der Waals surface area contributed by atoms with Crippen LogP contribution in [0.5, 0.6) is 5.75 Å². The number of hydrogen-bond acceptors (Lipinski definition) is 1. The minimum atomic E-state index is -0.288. The molecule has 72 valence electrons. The second kappa shape index (κ2) is 3.66. The van der Waals surface area contributed by atoms with E-state index >= 15 is 0 Å². The van der Waals surface area contributed by atoms with E-state index in [4.69, 9.17) is 4.74 Å². The van der Waals surface area contributed by atoms with Crippen molar-refractivity contribution in [1.82, 2.24) is 0 Å². The van der Waals surface area contributed by atoms with Crippen molar-refractivity contribution in [2.45, 2.75) is 6.42 Å². The molecule has 0 N–H and O–H groups in total. The predicted molar refractivity (Wildman–Crippen MR) is 54.8 cm³/mol. The Bertz CT molecular complexity index is 394. The first kappa shape index (κ1) is 9.00. The third-order valence-corrected chi connectivity index (χ3v) is 2.13. The summed E-state index contributed by atoms with van der Waals surface area (Å²) in [6, 6.07) is 3.43. The molecule has 2 heteroatoms. The fraction of sp³-hybridized carbons (Fsp3) is 0.167. The summed E-state index contributed by atoms with van der Waals surface area (Å²) in [7, 11) is 0. The average Bonchev–Trinajstić information content (AvgIpc) is 2.18. The van der Waals surface area contributed by atoms with Crippen LogP contribution in [0, 0.1) is 5.82 Å². The topological polar surface area (TPSA) is 9.23 Å². The van der Waals surface area contributed by atoms with Crippen molar-refractivity contribution >= 4 is 6.08 Å². The molecule has 0 amide bonds. The Kier molecular flexibility index (Phi) is 2.35. The lowest BCUT2D eigenvalue weighted by Gasteiger charge is -2.14. The highest BCUT2D eigenvalue weighted by atomic mass is 19.1. The molecule has 0 spiro atoms. The van der Waals surface area contributed by atoms with E-state index in [0.29, 0.717) is 18.8 Å². The molecule has 2 rings (SSSR count). The summed E-state index contributed by atoms with van der Waals surface area (Å²) in [6.45, 7) is 4.08. The van der Waals surface area contributed by atoms with Gasteiger partial charge in [0.15, 0.2) is 11.6 Å². The summed E-state index contributed by atoms with van der Waals surface area (Å²) < 4.78 is 18.7. The Morgan fingerprint density at radius 3 is 3.14 bits per heavy atom. The molecule has 1 aliphatic rings. The largest absolute Gasteiger partial charge is 0.486 e. The Morgan fingerprint density at radius 2 is 2.36 bits per heavy atom. The molecule has 0 radical (unpaired) electrons. The van der Waals surface area contributed by atoms with E-state index < -0.39 is 0 Å². The predicted octanol–water partition coefficient (Wildman–Crippen LogP) is 2.96. The van der Waals surface area contributed by atoms with Crippen molar-refractivity contribution in [2.75, 3.05) is 6.61 Å². The van der Waals surface area contributed by atoms with Gasteiger partial charge in [-0.2, -0.15) is 0 Å². The molecule has 0 saturated heterocycles.